The molecule has 1 saturated heterocycles. The van der Waals surface area contributed by atoms with Crippen molar-refractivity contribution < 1.29 is 14.3 Å². The zero-order valence-electron chi connectivity index (χ0n) is 12.2. The Morgan fingerprint density at radius 1 is 1.43 bits per heavy atom. The molecule has 0 spiro atoms. The summed E-state index contributed by atoms with van der Waals surface area (Å²) < 4.78 is 11.0. The fourth-order valence-corrected chi connectivity index (χ4v) is 3.86. The van der Waals surface area contributed by atoms with Crippen LogP contribution in [-0.2, 0) is 4.79 Å². The number of nitrogens with zero attached hydrogens (tertiary/aromatic N) is 1. The van der Waals surface area contributed by atoms with Crippen LogP contribution in [0.3, 0.4) is 0 Å². The van der Waals surface area contributed by atoms with E-state index in [9.17, 15) is 4.79 Å². The first-order chi connectivity index (χ1) is 10.1. The van der Waals surface area contributed by atoms with E-state index in [1.165, 1.54) is 0 Å². The minimum atomic E-state index is 0.0127. The molecule has 1 amide bonds. The van der Waals surface area contributed by atoms with Crippen molar-refractivity contribution in [3.63, 3.8) is 0 Å². The summed E-state index contributed by atoms with van der Waals surface area (Å²) in [5.41, 5.74) is 0. The number of para-hydroxylation sites is 2. The van der Waals surface area contributed by atoms with Crippen molar-refractivity contribution in [2.24, 2.45) is 0 Å². The predicted molar refractivity (Wildman–Crippen MR) is 89.3 cm³/mol. The Morgan fingerprint density at radius 2 is 2.14 bits per heavy atom. The van der Waals surface area contributed by atoms with Crippen molar-refractivity contribution in [1.29, 1.82) is 0 Å². The van der Waals surface area contributed by atoms with Crippen LogP contribution in [0.5, 0.6) is 11.5 Å². The Balaban J connectivity index is 1.85. The molecule has 2 rings (SSSR count). The average Bonchev–Trinajstić information content (AvgIpc) is 2.97. The number of rotatable bonds is 6. The van der Waals surface area contributed by atoms with E-state index in [1.807, 2.05) is 29.2 Å². The second-order valence-electron chi connectivity index (χ2n) is 4.65. The molecule has 1 unspecified atom stereocenters. The number of thiocarbonyl (C=S) groups is 1. The van der Waals surface area contributed by atoms with Gasteiger partial charge in [-0.05, 0) is 12.1 Å². The van der Waals surface area contributed by atoms with Gasteiger partial charge in [0.05, 0.1) is 13.7 Å². The Hall–Kier alpha value is -1.27. The molecule has 21 heavy (non-hydrogen) atoms. The summed E-state index contributed by atoms with van der Waals surface area (Å²) in [7, 11) is 1.62. The molecule has 0 radical (unpaired) electrons. The SMILES string of the molecule is COc1ccccc1OCCC(=S)C1SCCN1C(C)=O. The van der Waals surface area contributed by atoms with Gasteiger partial charge < -0.3 is 14.4 Å². The second kappa shape index (κ2) is 7.66. The molecule has 0 aromatic heterocycles. The molecule has 1 aromatic carbocycles. The maximum absolute atomic E-state index is 11.5. The number of hydrogen-bond donors (Lipinski definition) is 0. The van der Waals surface area contributed by atoms with Crippen molar-refractivity contribution in [3.8, 4) is 11.5 Å². The first-order valence-electron chi connectivity index (χ1n) is 6.81. The first kappa shape index (κ1) is 16.1. The van der Waals surface area contributed by atoms with Crippen LogP contribution in [0.2, 0.25) is 0 Å². The van der Waals surface area contributed by atoms with E-state index in [2.05, 4.69) is 0 Å². The van der Waals surface area contributed by atoms with Crippen molar-refractivity contribution in [1.82, 2.24) is 4.90 Å². The van der Waals surface area contributed by atoms with Gasteiger partial charge in [0.15, 0.2) is 11.5 Å². The van der Waals surface area contributed by atoms with Crippen LogP contribution >= 0.6 is 24.0 Å². The largest absolute Gasteiger partial charge is 0.493 e. The van der Waals surface area contributed by atoms with E-state index < -0.39 is 0 Å². The Bertz CT molecular complexity index is 521. The van der Waals surface area contributed by atoms with Gasteiger partial charge in [-0.2, -0.15) is 0 Å². The molecule has 4 nitrogen and oxygen atoms in total. The van der Waals surface area contributed by atoms with Gasteiger partial charge in [-0.25, -0.2) is 0 Å². The van der Waals surface area contributed by atoms with E-state index in [0.29, 0.717) is 24.5 Å². The maximum Gasteiger partial charge on any atom is 0.220 e. The summed E-state index contributed by atoms with van der Waals surface area (Å²) in [5.74, 6) is 2.45. The fraction of sp³-hybridized carbons (Fsp3) is 0.467. The minimum absolute atomic E-state index is 0.0127. The molecule has 0 aliphatic carbocycles. The standard InChI is InChI=1S/C15H19NO3S2/c1-11(17)16-8-10-21-15(16)14(20)7-9-19-13-6-4-3-5-12(13)18-2/h3-6,15H,7-10H2,1-2H3. The number of benzene rings is 1. The Kier molecular flexibility index (Phi) is 5.87. The van der Waals surface area contributed by atoms with E-state index in [4.69, 9.17) is 21.7 Å². The third kappa shape index (κ3) is 4.11. The molecular weight excluding hydrogens is 306 g/mol. The molecule has 1 aliphatic heterocycles. The van der Waals surface area contributed by atoms with E-state index in [-0.39, 0.29) is 11.3 Å². The lowest BCUT2D eigenvalue weighted by Crippen LogP contribution is -2.37. The van der Waals surface area contributed by atoms with Crippen LogP contribution in [0.25, 0.3) is 0 Å². The molecule has 114 valence electrons. The van der Waals surface area contributed by atoms with Crippen LogP contribution in [-0.4, -0.2) is 47.1 Å². The number of carbonyl (C=O) groups is 1. The third-order valence-electron chi connectivity index (χ3n) is 3.25. The smallest absolute Gasteiger partial charge is 0.220 e. The zero-order valence-corrected chi connectivity index (χ0v) is 13.8. The highest BCUT2D eigenvalue weighted by molar-refractivity contribution is 8.02. The summed E-state index contributed by atoms with van der Waals surface area (Å²) in [6, 6.07) is 7.53. The van der Waals surface area contributed by atoms with Crippen molar-refractivity contribution >= 4 is 34.8 Å². The van der Waals surface area contributed by atoms with Crippen molar-refractivity contribution in [2.45, 2.75) is 18.7 Å². The van der Waals surface area contributed by atoms with Crippen LogP contribution in [0.1, 0.15) is 13.3 Å². The summed E-state index contributed by atoms with van der Waals surface area (Å²) >= 11 is 7.19. The normalized spacial score (nSPS) is 17.6. The molecule has 0 saturated carbocycles. The molecule has 1 atom stereocenters. The van der Waals surface area contributed by atoms with Gasteiger partial charge in [0.1, 0.15) is 5.37 Å². The lowest BCUT2D eigenvalue weighted by Gasteiger charge is -2.23. The molecule has 6 heteroatoms. The molecule has 0 N–H and O–H groups in total. The summed E-state index contributed by atoms with van der Waals surface area (Å²) in [4.78, 5) is 14.2. The van der Waals surface area contributed by atoms with Gasteiger partial charge in [0.2, 0.25) is 5.91 Å². The highest BCUT2D eigenvalue weighted by Gasteiger charge is 2.30. The van der Waals surface area contributed by atoms with Crippen LogP contribution in [0, 0.1) is 0 Å². The molecule has 0 bridgehead atoms. The van der Waals surface area contributed by atoms with Crippen LogP contribution in [0.4, 0.5) is 0 Å². The van der Waals surface area contributed by atoms with Gasteiger partial charge in [-0.3, -0.25) is 4.79 Å². The number of thioether (sulfide) groups is 1. The molecular formula is C15H19NO3S2. The Labute approximate surface area is 134 Å². The van der Waals surface area contributed by atoms with Gasteiger partial charge in [-0.1, -0.05) is 24.4 Å². The predicted octanol–water partition coefficient (Wildman–Crippen LogP) is 2.76. The molecule has 1 aliphatic rings. The quantitative estimate of drug-likeness (QED) is 0.752. The maximum atomic E-state index is 11.5. The van der Waals surface area contributed by atoms with Crippen molar-refractivity contribution in [2.75, 3.05) is 26.0 Å². The summed E-state index contributed by atoms with van der Waals surface area (Å²) in [6.45, 7) is 2.85. The number of hydrogen-bond acceptors (Lipinski definition) is 5. The summed E-state index contributed by atoms with van der Waals surface area (Å²) in [5, 5.41) is 0.0127. The lowest BCUT2D eigenvalue weighted by atomic mass is 10.3. The zero-order chi connectivity index (χ0) is 15.2. The Morgan fingerprint density at radius 3 is 2.81 bits per heavy atom. The highest BCUT2D eigenvalue weighted by Crippen LogP contribution is 2.28. The number of carbonyl (C=O) groups excluding carboxylic acids is 1. The van der Waals surface area contributed by atoms with Crippen molar-refractivity contribution in [3.05, 3.63) is 24.3 Å². The number of amides is 1. The number of methoxy groups -OCH3 is 1. The fourth-order valence-electron chi connectivity index (χ4n) is 2.18. The third-order valence-corrected chi connectivity index (χ3v) is 5.10. The molecule has 1 fully saturated rings. The lowest BCUT2D eigenvalue weighted by molar-refractivity contribution is -0.128. The van der Waals surface area contributed by atoms with Crippen LogP contribution in [0.15, 0.2) is 24.3 Å². The van der Waals surface area contributed by atoms with Gasteiger partial charge in [0, 0.05) is 30.5 Å². The average molecular weight is 325 g/mol. The first-order valence-corrected chi connectivity index (χ1v) is 8.26. The summed E-state index contributed by atoms with van der Waals surface area (Å²) in [6.07, 6.45) is 0.648. The van der Waals surface area contributed by atoms with Crippen LogP contribution < -0.4 is 9.47 Å². The topological polar surface area (TPSA) is 38.8 Å². The molecule has 1 heterocycles. The van der Waals surface area contributed by atoms with E-state index in [0.717, 1.165) is 17.2 Å². The van der Waals surface area contributed by atoms with Gasteiger partial charge in [0.25, 0.3) is 0 Å². The van der Waals surface area contributed by atoms with E-state index in [1.54, 1.807) is 25.8 Å². The number of ether oxygens (including phenoxy) is 2. The molecule has 1 aromatic rings. The highest BCUT2D eigenvalue weighted by atomic mass is 32.2. The van der Waals surface area contributed by atoms with E-state index >= 15 is 0 Å². The minimum Gasteiger partial charge on any atom is -0.493 e. The second-order valence-corrected chi connectivity index (χ2v) is 6.36. The van der Waals surface area contributed by atoms with Gasteiger partial charge >= 0.3 is 0 Å². The van der Waals surface area contributed by atoms with Gasteiger partial charge in [-0.15, -0.1) is 11.8 Å². The monoisotopic (exact) mass is 325 g/mol.